The Labute approximate surface area is 554 Å². The summed E-state index contributed by atoms with van der Waals surface area (Å²) in [5.41, 5.74) is 36.5. The lowest BCUT2D eigenvalue weighted by Gasteiger charge is -2.50. The zero-order valence-electron chi connectivity index (χ0n) is 57.1. The minimum Gasteiger partial charge on any atom is -0.0654 e. The maximum Gasteiger partial charge on any atom is 0.0355 e. The molecule has 0 amide bonds. The molecule has 0 fully saturated rings. The molecular formula is C92H102. The van der Waals surface area contributed by atoms with Gasteiger partial charge in [-0.15, -0.1) is 0 Å². The Hall–Kier alpha value is -7.02. The first-order valence-electron chi connectivity index (χ1n) is 37.4. The molecule has 0 saturated carbocycles. The van der Waals surface area contributed by atoms with Gasteiger partial charge < -0.3 is 0 Å². The fraction of sp³-hybridized carbons (Fsp3) is 0.413. The van der Waals surface area contributed by atoms with Crippen LogP contribution in [0.1, 0.15) is 296 Å². The van der Waals surface area contributed by atoms with Crippen LogP contribution in [0, 0.1) is 23.7 Å². The summed E-state index contributed by atoms with van der Waals surface area (Å²) in [6.45, 7) is 19.6. The van der Waals surface area contributed by atoms with E-state index >= 15 is 0 Å². The van der Waals surface area contributed by atoms with Crippen molar-refractivity contribution in [1.29, 1.82) is 0 Å². The second-order valence-corrected chi connectivity index (χ2v) is 29.9. The summed E-state index contributed by atoms with van der Waals surface area (Å²) in [7, 11) is 0. The second-order valence-electron chi connectivity index (χ2n) is 29.9. The number of benzene rings is 9. The quantitative estimate of drug-likeness (QED) is 0.0507. The molecule has 4 bridgehead atoms. The Morgan fingerprint density at radius 2 is 0.511 bits per heavy atom. The number of unbranched alkanes of at least 4 members (excludes halogenated alkanes) is 4. The highest BCUT2D eigenvalue weighted by Crippen LogP contribution is 2.69. The molecule has 92 heavy (non-hydrogen) atoms. The summed E-state index contributed by atoms with van der Waals surface area (Å²) in [6, 6.07) is 75.0. The molecule has 0 heterocycles. The van der Waals surface area contributed by atoms with Crippen molar-refractivity contribution < 1.29 is 0 Å². The fourth-order valence-electron chi connectivity index (χ4n) is 20.7. The Kier molecular flexibility index (Phi) is 16.9. The van der Waals surface area contributed by atoms with Gasteiger partial charge in [-0.3, -0.25) is 0 Å². The molecule has 470 valence electrons. The highest BCUT2D eigenvalue weighted by molar-refractivity contribution is 5.97. The van der Waals surface area contributed by atoms with Gasteiger partial charge in [0, 0.05) is 34.5 Å². The molecule has 4 atom stereocenters. The van der Waals surface area contributed by atoms with Gasteiger partial charge in [0.05, 0.1) is 0 Å². The largest absolute Gasteiger partial charge is 0.0654 e. The first kappa shape index (κ1) is 61.2. The molecule has 0 spiro atoms. The molecule has 17 rings (SSSR count). The van der Waals surface area contributed by atoms with Crippen LogP contribution < -0.4 is 0 Å². The normalized spacial score (nSPS) is 21.4. The van der Waals surface area contributed by atoms with E-state index in [1.165, 1.54) is 217 Å². The van der Waals surface area contributed by atoms with Gasteiger partial charge >= 0.3 is 0 Å². The minimum absolute atomic E-state index is 0.0742. The third kappa shape index (κ3) is 9.60. The Balaban J connectivity index is 1.07. The molecular weight excluding hydrogens is 1110 g/mol. The summed E-state index contributed by atoms with van der Waals surface area (Å²) in [4.78, 5) is 0. The van der Waals surface area contributed by atoms with Crippen molar-refractivity contribution in [3.63, 3.8) is 0 Å². The van der Waals surface area contributed by atoms with E-state index in [9.17, 15) is 0 Å². The number of fused-ring (bicyclic) bond motifs is 6. The van der Waals surface area contributed by atoms with E-state index < -0.39 is 0 Å². The van der Waals surface area contributed by atoms with Gasteiger partial charge in [-0.25, -0.2) is 0 Å². The molecule has 0 radical (unpaired) electrons. The van der Waals surface area contributed by atoms with Gasteiger partial charge in [0.25, 0.3) is 0 Å². The molecule has 8 aliphatic carbocycles. The molecule has 9 aromatic rings. The van der Waals surface area contributed by atoms with Crippen molar-refractivity contribution in [1.82, 2.24) is 0 Å². The van der Waals surface area contributed by atoms with Gasteiger partial charge in [0.1, 0.15) is 0 Å². The smallest absolute Gasteiger partial charge is 0.0355 e. The molecule has 0 heteroatoms. The summed E-state index contributed by atoms with van der Waals surface area (Å²) >= 11 is 0. The van der Waals surface area contributed by atoms with Crippen LogP contribution in [0.2, 0.25) is 0 Å². The first-order chi connectivity index (χ1) is 45.3. The van der Waals surface area contributed by atoms with E-state index in [4.69, 9.17) is 0 Å². The predicted molar refractivity (Wildman–Crippen MR) is 391 cm³/mol. The monoisotopic (exact) mass is 1210 g/mol. The first-order valence-corrected chi connectivity index (χ1v) is 37.4. The van der Waals surface area contributed by atoms with Crippen LogP contribution in [-0.4, -0.2) is 0 Å². The van der Waals surface area contributed by atoms with Crippen molar-refractivity contribution in [2.45, 2.75) is 218 Å². The lowest BCUT2D eigenvalue weighted by molar-refractivity contribution is 0.266. The number of hydrogen-bond donors (Lipinski definition) is 0. The third-order valence-electron chi connectivity index (χ3n) is 25.1. The van der Waals surface area contributed by atoms with E-state index in [1.54, 1.807) is 44.5 Å². The van der Waals surface area contributed by atoms with E-state index in [-0.39, 0.29) is 34.5 Å². The van der Waals surface area contributed by atoms with Gasteiger partial charge in [-0.2, -0.15) is 0 Å². The highest BCUT2D eigenvalue weighted by Gasteiger charge is 2.53. The zero-order chi connectivity index (χ0) is 62.8. The van der Waals surface area contributed by atoms with Gasteiger partial charge in [0.2, 0.25) is 0 Å². The van der Waals surface area contributed by atoms with Crippen molar-refractivity contribution in [3.8, 4) is 44.5 Å². The van der Waals surface area contributed by atoms with Crippen LogP contribution in [0.5, 0.6) is 0 Å². The lowest BCUT2D eigenvalue weighted by Crippen LogP contribution is -2.34. The summed E-state index contributed by atoms with van der Waals surface area (Å²) in [5, 5.41) is 0. The molecule has 0 aromatic heterocycles. The SMILES string of the molecule is CCCCC(CC)CC1(CC(CC)CCCC)c2ccccc2-c2ccc(-c3c4c(c(-c5ccc6c(c5)C(CC(CC)CCCC)(CC(CC)CCCC)c5ccccc5-6)c5c3C3c6ccccc6C5c5ccccc53)C3c5ccccc5C4c4ccccc43)cc21. The Bertz CT molecular complexity index is 3670. The topological polar surface area (TPSA) is 0 Å². The summed E-state index contributed by atoms with van der Waals surface area (Å²) in [5.74, 6) is 2.91. The Morgan fingerprint density at radius 3 is 0.761 bits per heavy atom. The summed E-state index contributed by atoms with van der Waals surface area (Å²) < 4.78 is 0. The van der Waals surface area contributed by atoms with Crippen LogP contribution in [0.4, 0.5) is 0 Å². The van der Waals surface area contributed by atoms with Gasteiger partial charge in [-0.1, -0.05) is 328 Å². The second kappa shape index (κ2) is 25.4. The van der Waals surface area contributed by atoms with Crippen LogP contribution in [0.15, 0.2) is 182 Å². The third-order valence-corrected chi connectivity index (χ3v) is 25.1. The van der Waals surface area contributed by atoms with Crippen molar-refractivity contribution in [2.75, 3.05) is 0 Å². The van der Waals surface area contributed by atoms with E-state index in [1.807, 2.05) is 0 Å². The zero-order valence-corrected chi connectivity index (χ0v) is 57.1. The van der Waals surface area contributed by atoms with Crippen LogP contribution in [0.25, 0.3) is 44.5 Å². The van der Waals surface area contributed by atoms with Crippen molar-refractivity contribution in [3.05, 3.63) is 271 Å². The maximum atomic E-state index is 2.87. The fourth-order valence-corrected chi connectivity index (χ4v) is 20.7. The van der Waals surface area contributed by atoms with Crippen molar-refractivity contribution >= 4 is 0 Å². The number of rotatable bonds is 26. The average molecular weight is 1210 g/mol. The van der Waals surface area contributed by atoms with Crippen LogP contribution >= 0.6 is 0 Å². The van der Waals surface area contributed by atoms with Gasteiger partial charge in [-0.05, 0) is 195 Å². The standard InChI is InChI=1S/C92H102/c1-9-17-33-59(13-5)55-91(56-60(14-6)34-18-10-2)77-47-31-29-37-65(77)67-51-49-63(53-79(67)91)81-87-83-69-39-21-25-43-73(69)85(74-44-26-22-40-70(74)83)89(87)82(90-86-75-45-27-23-41-71(75)84(88(81)90)72-42-24-28-46-76(72)86)64-50-52-68-66-38-30-32-48-78(66)92(80(68)54-64,57-61(15-7)35-19-11-3)58-62(16-8)36-20-12-4/h21-32,37-54,59-62,83-86H,9-20,33-36,55-58H2,1-8H3. The van der Waals surface area contributed by atoms with Crippen LogP contribution in [0.3, 0.4) is 0 Å². The minimum atomic E-state index is -0.0869. The molecule has 8 aliphatic rings. The molecule has 9 aromatic carbocycles. The predicted octanol–water partition coefficient (Wildman–Crippen LogP) is 26.0. The van der Waals surface area contributed by atoms with Gasteiger partial charge in [0.15, 0.2) is 0 Å². The van der Waals surface area contributed by atoms with E-state index in [2.05, 4.69) is 237 Å². The molecule has 0 nitrogen and oxygen atoms in total. The van der Waals surface area contributed by atoms with Crippen molar-refractivity contribution in [2.24, 2.45) is 23.7 Å². The Morgan fingerprint density at radius 1 is 0.272 bits per heavy atom. The average Bonchev–Trinajstić information content (AvgIpc) is 0.835. The van der Waals surface area contributed by atoms with E-state index in [0.29, 0.717) is 23.7 Å². The molecule has 4 unspecified atom stereocenters. The van der Waals surface area contributed by atoms with E-state index in [0.717, 1.165) is 0 Å². The molecule has 0 N–H and O–H groups in total. The maximum absolute atomic E-state index is 2.87. The summed E-state index contributed by atoms with van der Waals surface area (Å²) in [6.07, 6.45) is 25.2. The highest BCUT2D eigenvalue weighted by atomic mass is 14.6. The van der Waals surface area contributed by atoms with Crippen LogP contribution in [-0.2, 0) is 10.8 Å². The molecule has 0 aliphatic heterocycles. The number of hydrogen-bond acceptors (Lipinski definition) is 0. The lowest BCUT2D eigenvalue weighted by atomic mass is 9.52. The molecule has 0 saturated heterocycles.